The molecule has 1 aliphatic rings. The molecule has 0 aliphatic carbocycles. The Labute approximate surface area is 188 Å². The minimum atomic E-state index is -0.459. The highest BCUT2D eigenvalue weighted by Crippen LogP contribution is 2.36. The summed E-state index contributed by atoms with van der Waals surface area (Å²) in [6.07, 6.45) is 2.63. The maximum absolute atomic E-state index is 12.2. The van der Waals surface area contributed by atoms with Crippen molar-refractivity contribution in [2.45, 2.75) is 20.3 Å². The summed E-state index contributed by atoms with van der Waals surface area (Å²) in [5, 5.41) is 0. The molecule has 0 spiro atoms. The Hall–Kier alpha value is -1.19. The molecule has 27 heavy (non-hydrogen) atoms. The number of carbonyl (C=O) groups is 1. The molecule has 0 atom stereocenters. The lowest BCUT2D eigenvalue weighted by Gasteiger charge is -2.10. The zero-order valence-electron chi connectivity index (χ0n) is 14.7. The van der Waals surface area contributed by atoms with Gasteiger partial charge in [0.25, 0.3) is 0 Å². The predicted octanol–water partition coefficient (Wildman–Crippen LogP) is 6.26. The summed E-state index contributed by atoms with van der Waals surface area (Å²) in [7, 11) is 0. The van der Waals surface area contributed by atoms with Gasteiger partial charge >= 0.3 is 5.97 Å². The minimum Gasteiger partial charge on any atom is -0.491 e. The first kappa shape index (κ1) is 20.5. The van der Waals surface area contributed by atoms with E-state index in [1.165, 1.54) is 0 Å². The molecule has 2 aromatic rings. The van der Waals surface area contributed by atoms with Gasteiger partial charge in [0.05, 0.1) is 15.6 Å². The van der Waals surface area contributed by atoms with Crippen LogP contribution < -0.4 is 4.74 Å². The molecular formula is C20H16Br2INO3. The van der Waals surface area contributed by atoms with Crippen LogP contribution in [-0.2, 0) is 9.53 Å². The first-order valence-corrected chi connectivity index (χ1v) is 11.0. The second-order valence-corrected chi connectivity index (χ2v) is 8.83. The Kier molecular flexibility index (Phi) is 6.75. The van der Waals surface area contributed by atoms with Gasteiger partial charge in [-0.3, -0.25) is 0 Å². The van der Waals surface area contributed by atoms with E-state index < -0.39 is 5.97 Å². The maximum Gasteiger partial charge on any atom is 0.363 e. The molecule has 0 aromatic heterocycles. The van der Waals surface area contributed by atoms with Gasteiger partial charge in [-0.05, 0) is 115 Å². The van der Waals surface area contributed by atoms with Crippen molar-refractivity contribution in [1.29, 1.82) is 0 Å². The van der Waals surface area contributed by atoms with Crippen molar-refractivity contribution in [3.05, 3.63) is 65.2 Å². The molecule has 0 saturated carbocycles. The quantitative estimate of drug-likeness (QED) is 0.230. The zero-order chi connectivity index (χ0) is 19.6. The summed E-state index contributed by atoms with van der Waals surface area (Å²) >= 11 is 9.30. The van der Waals surface area contributed by atoms with Crippen LogP contribution in [0.1, 0.15) is 30.0 Å². The summed E-state index contributed by atoms with van der Waals surface area (Å²) in [6.45, 7) is 4.70. The molecule has 0 unspecified atom stereocenters. The van der Waals surface area contributed by atoms with Crippen molar-refractivity contribution in [3.63, 3.8) is 0 Å². The van der Waals surface area contributed by atoms with E-state index in [1.54, 1.807) is 6.08 Å². The largest absolute Gasteiger partial charge is 0.491 e. The summed E-state index contributed by atoms with van der Waals surface area (Å²) in [5.74, 6) is 0.609. The first-order chi connectivity index (χ1) is 12.9. The van der Waals surface area contributed by atoms with Crippen LogP contribution >= 0.6 is 54.5 Å². The number of halogens is 3. The molecule has 140 valence electrons. The number of hydrogen-bond acceptors (Lipinski definition) is 4. The van der Waals surface area contributed by atoms with Crippen LogP contribution in [0.25, 0.3) is 6.08 Å². The maximum atomic E-state index is 12.2. The van der Waals surface area contributed by atoms with Crippen LogP contribution in [0.15, 0.2) is 50.0 Å². The molecule has 2 aromatic carbocycles. The highest BCUT2D eigenvalue weighted by atomic mass is 127. The predicted molar refractivity (Wildman–Crippen MR) is 122 cm³/mol. The lowest BCUT2D eigenvalue weighted by Crippen LogP contribution is -2.05. The van der Waals surface area contributed by atoms with E-state index in [9.17, 15) is 4.79 Å². The van der Waals surface area contributed by atoms with Gasteiger partial charge in [0, 0.05) is 9.13 Å². The van der Waals surface area contributed by atoms with Gasteiger partial charge in [-0.15, -0.1) is 0 Å². The monoisotopic (exact) mass is 603 g/mol. The van der Waals surface area contributed by atoms with Gasteiger partial charge in [0.2, 0.25) is 5.90 Å². The molecule has 0 bridgehead atoms. The fraction of sp³-hybridized carbons (Fsp3) is 0.200. The number of cyclic esters (lactones) is 1. The van der Waals surface area contributed by atoms with E-state index in [0.29, 0.717) is 12.5 Å². The molecule has 0 saturated heterocycles. The summed E-state index contributed by atoms with van der Waals surface area (Å²) in [5.41, 5.74) is 2.98. The SMILES string of the molecule is CCCOc1c(Br)cc(/C=C2\N=C(c3ccc(I)c(C)c3)OC2=O)cc1Br. The van der Waals surface area contributed by atoms with Gasteiger partial charge in [-0.25, -0.2) is 9.79 Å². The fourth-order valence-corrected chi connectivity index (χ4v) is 4.26. The van der Waals surface area contributed by atoms with Crippen molar-refractivity contribution in [2.24, 2.45) is 4.99 Å². The first-order valence-electron chi connectivity index (χ1n) is 8.30. The molecule has 1 heterocycles. The molecule has 3 rings (SSSR count). The standard InChI is InChI=1S/C20H16Br2INO3/c1-3-6-26-18-14(21)8-12(9-15(18)22)10-17-20(25)27-19(24-17)13-4-5-16(23)11(2)7-13/h4-5,7-10H,3,6H2,1-2H3/b17-10-. The van der Waals surface area contributed by atoms with E-state index in [0.717, 1.165) is 41.4 Å². The Balaban J connectivity index is 1.91. The highest BCUT2D eigenvalue weighted by molar-refractivity contribution is 14.1. The molecule has 0 N–H and O–H groups in total. The molecular weight excluding hydrogens is 589 g/mol. The number of nitrogens with zero attached hydrogens (tertiary/aromatic N) is 1. The smallest absolute Gasteiger partial charge is 0.363 e. The van der Waals surface area contributed by atoms with Crippen molar-refractivity contribution >= 4 is 72.4 Å². The Bertz CT molecular complexity index is 947. The van der Waals surface area contributed by atoms with E-state index in [-0.39, 0.29) is 5.70 Å². The number of carbonyl (C=O) groups excluding carboxylic acids is 1. The van der Waals surface area contributed by atoms with Gasteiger partial charge in [0.1, 0.15) is 5.75 Å². The summed E-state index contributed by atoms with van der Waals surface area (Å²) in [6, 6.07) is 9.62. The average molecular weight is 605 g/mol. The van der Waals surface area contributed by atoms with Crippen LogP contribution in [0.5, 0.6) is 5.75 Å². The number of benzene rings is 2. The van der Waals surface area contributed by atoms with E-state index in [1.807, 2.05) is 37.3 Å². The second kappa shape index (κ2) is 8.87. The van der Waals surface area contributed by atoms with Crippen molar-refractivity contribution < 1.29 is 14.3 Å². The van der Waals surface area contributed by atoms with Crippen molar-refractivity contribution in [2.75, 3.05) is 6.61 Å². The Morgan fingerprint density at radius 2 is 1.93 bits per heavy atom. The highest BCUT2D eigenvalue weighted by Gasteiger charge is 2.24. The van der Waals surface area contributed by atoms with Crippen LogP contribution in [0.2, 0.25) is 0 Å². The molecule has 0 fully saturated rings. The van der Waals surface area contributed by atoms with Crippen molar-refractivity contribution in [1.82, 2.24) is 0 Å². The number of ether oxygens (including phenoxy) is 2. The lowest BCUT2D eigenvalue weighted by molar-refractivity contribution is -0.129. The third-order valence-electron chi connectivity index (χ3n) is 3.80. The third kappa shape index (κ3) is 4.81. The van der Waals surface area contributed by atoms with E-state index in [2.05, 4.69) is 66.4 Å². The number of esters is 1. The fourth-order valence-electron chi connectivity index (χ4n) is 2.47. The number of rotatable bonds is 5. The molecule has 7 heteroatoms. The zero-order valence-corrected chi connectivity index (χ0v) is 20.0. The second-order valence-electron chi connectivity index (χ2n) is 5.96. The van der Waals surface area contributed by atoms with Crippen molar-refractivity contribution in [3.8, 4) is 5.75 Å². The van der Waals surface area contributed by atoms with Gasteiger partial charge in [-0.2, -0.15) is 0 Å². The summed E-state index contributed by atoms with van der Waals surface area (Å²) < 4.78 is 13.8. The number of aryl methyl sites for hydroxylation is 1. The Morgan fingerprint density at radius 3 is 2.56 bits per heavy atom. The molecule has 0 amide bonds. The van der Waals surface area contributed by atoms with Crippen LogP contribution in [0.3, 0.4) is 0 Å². The molecule has 4 nitrogen and oxygen atoms in total. The molecule has 0 radical (unpaired) electrons. The third-order valence-corrected chi connectivity index (χ3v) is 6.19. The molecule has 1 aliphatic heterocycles. The van der Waals surface area contributed by atoms with Gasteiger partial charge in [-0.1, -0.05) is 6.92 Å². The van der Waals surface area contributed by atoms with E-state index >= 15 is 0 Å². The normalized spacial score (nSPS) is 15.1. The Morgan fingerprint density at radius 1 is 1.22 bits per heavy atom. The van der Waals surface area contributed by atoms with Crippen LogP contribution in [0.4, 0.5) is 0 Å². The van der Waals surface area contributed by atoms with Crippen LogP contribution in [-0.4, -0.2) is 18.5 Å². The van der Waals surface area contributed by atoms with Gasteiger partial charge in [0.15, 0.2) is 5.70 Å². The topological polar surface area (TPSA) is 47.9 Å². The summed E-state index contributed by atoms with van der Waals surface area (Å²) in [4.78, 5) is 16.6. The van der Waals surface area contributed by atoms with E-state index in [4.69, 9.17) is 9.47 Å². The number of hydrogen-bond donors (Lipinski definition) is 0. The van der Waals surface area contributed by atoms with Gasteiger partial charge < -0.3 is 9.47 Å². The number of aliphatic imine (C=N–C) groups is 1. The minimum absolute atomic E-state index is 0.266. The van der Waals surface area contributed by atoms with Crippen LogP contribution in [0, 0.1) is 10.5 Å². The average Bonchev–Trinajstić information content (AvgIpc) is 2.97. The lowest BCUT2D eigenvalue weighted by atomic mass is 10.1.